The summed E-state index contributed by atoms with van der Waals surface area (Å²) in [5.74, 6) is 1.28. The number of nitrogens with zero attached hydrogens (tertiary/aromatic N) is 2. The highest BCUT2D eigenvalue weighted by molar-refractivity contribution is 8.14. The van der Waals surface area contributed by atoms with E-state index in [1.165, 1.54) is 32.3 Å². The Balaban J connectivity index is 1.64. The number of amides is 3. The molecule has 0 aliphatic carbocycles. The van der Waals surface area contributed by atoms with Gasteiger partial charge >= 0.3 is 0 Å². The molecule has 0 spiro atoms. The van der Waals surface area contributed by atoms with Crippen LogP contribution in [-0.2, 0) is 9.59 Å². The molecule has 1 aromatic carbocycles. The van der Waals surface area contributed by atoms with Gasteiger partial charge in [0.1, 0.15) is 0 Å². The van der Waals surface area contributed by atoms with E-state index in [2.05, 4.69) is 0 Å². The number of hydrogen-bond donors (Lipinski definition) is 0. The third-order valence-corrected chi connectivity index (χ3v) is 5.26. The fourth-order valence-corrected chi connectivity index (χ4v) is 3.76. The second-order valence-corrected chi connectivity index (χ2v) is 6.93. The summed E-state index contributed by atoms with van der Waals surface area (Å²) in [6.45, 7) is 0.715. The van der Waals surface area contributed by atoms with Gasteiger partial charge in [0.15, 0.2) is 11.5 Å². The van der Waals surface area contributed by atoms with E-state index in [0.29, 0.717) is 30.3 Å². The quantitative estimate of drug-likeness (QED) is 0.680. The summed E-state index contributed by atoms with van der Waals surface area (Å²) in [5, 5.41) is -0.231. The second kappa shape index (κ2) is 7.91. The number of thioether (sulfide) groups is 1. The third kappa shape index (κ3) is 3.73. The molecule has 2 aliphatic heterocycles. The normalized spacial score (nSPS) is 17.4. The maximum absolute atomic E-state index is 12.3. The number of methoxy groups -OCH3 is 3. The van der Waals surface area contributed by atoms with Crippen molar-refractivity contribution in [3.8, 4) is 17.2 Å². The monoisotopic (exact) mass is 392 g/mol. The number of likely N-dealkylation sites (tertiary alicyclic amines) is 1. The topological polar surface area (TPSA) is 85.4 Å². The van der Waals surface area contributed by atoms with Crippen LogP contribution in [-0.4, -0.2) is 73.1 Å². The zero-order valence-corrected chi connectivity index (χ0v) is 16.1. The summed E-state index contributed by atoms with van der Waals surface area (Å²) < 4.78 is 15.9. The van der Waals surface area contributed by atoms with E-state index in [1.807, 2.05) is 0 Å². The third-order valence-electron chi connectivity index (χ3n) is 4.43. The van der Waals surface area contributed by atoms with Crippen LogP contribution in [0.25, 0.3) is 6.08 Å². The zero-order chi connectivity index (χ0) is 19.6. The van der Waals surface area contributed by atoms with Gasteiger partial charge < -0.3 is 19.1 Å². The van der Waals surface area contributed by atoms with Gasteiger partial charge in [0.25, 0.3) is 5.24 Å². The highest BCUT2D eigenvalue weighted by Gasteiger charge is 2.42. The van der Waals surface area contributed by atoms with Gasteiger partial charge in [-0.25, -0.2) is 0 Å². The molecule has 0 N–H and O–H groups in total. The van der Waals surface area contributed by atoms with Crippen molar-refractivity contribution in [2.24, 2.45) is 0 Å². The first-order valence-electron chi connectivity index (χ1n) is 8.24. The van der Waals surface area contributed by atoms with Gasteiger partial charge in [-0.3, -0.25) is 19.3 Å². The molecule has 0 bridgehead atoms. The Hall–Kier alpha value is -2.68. The lowest BCUT2D eigenvalue weighted by atomic mass is 10.1. The predicted molar refractivity (Wildman–Crippen MR) is 100 cm³/mol. The van der Waals surface area contributed by atoms with E-state index in [9.17, 15) is 14.4 Å². The van der Waals surface area contributed by atoms with Crippen LogP contribution >= 0.6 is 11.8 Å². The van der Waals surface area contributed by atoms with Gasteiger partial charge in [-0.2, -0.15) is 0 Å². The molecule has 1 aromatic rings. The molecule has 27 heavy (non-hydrogen) atoms. The van der Waals surface area contributed by atoms with Crippen LogP contribution in [0.1, 0.15) is 5.56 Å². The fraction of sp³-hybridized carbons (Fsp3) is 0.389. The minimum Gasteiger partial charge on any atom is -0.493 e. The molecule has 2 fully saturated rings. The summed E-state index contributed by atoms with van der Waals surface area (Å²) in [5.41, 5.74) is 0.719. The van der Waals surface area contributed by atoms with Crippen molar-refractivity contribution in [3.63, 3.8) is 0 Å². The van der Waals surface area contributed by atoms with E-state index >= 15 is 0 Å². The Morgan fingerprint density at radius 3 is 2.22 bits per heavy atom. The summed E-state index contributed by atoms with van der Waals surface area (Å²) >= 11 is 1.00. The lowest BCUT2D eigenvalue weighted by molar-refractivity contribution is -0.138. The van der Waals surface area contributed by atoms with E-state index in [-0.39, 0.29) is 28.8 Å². The van der Waals surface area contributed by atoms with Crippen LogP contribution in [0.15, 0.2) is 18.2 Å². The van der Waals surface area contributed by atoms with E-state index in [0.717, 1.165) is 17.3 Å². The smallest absolute Gasteiger partial charge is 0.289 e. The molecule has 2 aliphatic rings. The lowest BCUT2D eigenvalue weighted by Gasteiger charge is -2.42. The Morgan fingerprint density at radius 2 is 1.74 bits per heavy atom. The van der Waals surface area contributed by atoms with Gasteiger partial charge in [-0.15, -0.1) is 0 Å². The molecule has 144 valence electrons. The van der Waals surface area contributed by atoms with Gasteiger partial charge in [0.05, 0.1) is 33.1 Å². The van der Waals surface area contributed by atoms with E-state index in [1.54, 1.807) is 23.1 Å². The number of imide groups is 1. The van der Waals surface area contributed by atoms with Gasteiger partial charge in [-0.05, 0) is 23.8 Å². The number of hydrogen-bond acceptors (Lipinski definition) is 7. The molecule has 8 nitrogen and oxygen atoms in total. The second-order valence-electron chi connectivity index (χ2n) is 6.01. The maximum Gasteiger partial charge on any atom is 0.289 e. The van der Waals surface area contributed by atoms with Crippen LogP contribution in [0.5, 0.6) is 17.2 Å². The number of rotatable bonds is 6. The van der Waals surface area contributed by atoms with Gasteiger partial charge in [0.2, 0.25) is 17.6 Å². The van der Waals surface area contributed by atoms with E-state index in [4.69, 9.17) is 14.2 Å². The van der Waals surface area contributed by atoms with Crippen molar-refractivity contribution < 1.29 is 28.6 Å². The Bertz CT molecular complexity index is 762. The summed E-state index contributed by atoms with van der Waals surface area (Å²) in [4.78, 5) is 38.6. The average molecular weight is 392 g/mol. The van der Waals surface area contributed by atoms with Crippen molar-refractivity contribution in [1.29, 1.82) is 0 Å². The highest BCUT2D eigenvalue weighted by Crippen LogP contribution is 2.38. The molecular weight excluding hydrogens is 372 g/mol. The Labute approximate surface area is 161 Å². The SMILES string of the molecule is COc1cc(C=CC(=O)N2CC(N3C(=O)CSC3=O)C2)cc(OC)c1OC. The van der Waals surface area contributed by atoms with Crippen molar-refractivity contribution in [3.05, 3.63) is 23.8 Å². The summed E-state index contributed by atoms with van der Waals surface area (Å²) in [6.07, 6.45) is 3.10. The largest absolute Gasteiger partial charge is 0.493 e. The van der Waals surface area contributed by atoms with Crippen molar-refractivity contribution >= 4 is 34.9 Å². The standard InChI is InChI=1S/C18H20N2O6S/c1-24-13-6-11(7-14(25-2)17(13)26-3)4-5-15(21)19-8-12(9-19)20-16(22)10-27-18(20)23/h4-7,12H,8-10H2,1-3H3. The number of carbonyl (C=O) groups is 3. The van der Waals surface area contributed by atoms with Crippen molar-refractivity contribution in [2.45, 2.75) is 6.04 Å². The molecule has 0 aromatic heterocycles. The molecule has 9 heteroatoms. The molecule has 2 heterocycles. The van der Waals surface area contributed by atoms with Crippen LogP contribution in [0.3, 0.4) is 0 Å². The van der Waals surface area contributed by atoms with Crippen molar-refractivity contribution in [2.75, 3.05) is 40.2 Å². The van der Waals surface area contributed by atoms with Crippen molar-refractivity contribution in [1.82, 2.24) is 9.80 Å². The van der Waals surface area contributed by atoms with Crippen LogP contribution in [0, 0.1) is 0 Å². The number of carbonyl (C=O) groups excluding carboxylic acids is 3. The lowest BCUT2D eigenvalue weighted by Crippen LogP contribution is -2.61. The maximum atomic E-state index is 12.3. The number of ether oxygens (including phenoxy) is 3. The minimum atomic E-state index is -0.231. The van der Waals surface area contributed by atoms with Gasteiger partial charge in [0, 0.05) is 19.2 Å². The molecule has 0 atom stereocenters. The van der Waals surface area contributed by atoms with Crippen LogP contribution in [0.2, 0.25) is 0 Å². The Kier molecular flexibility index (Phi) is 5.59. The molecule has 0 unspecified atom stereocenters. The molecule has 2 saturated heterocycles. The van der Waals surface area contributed by atoms with Gasteiger partial charge in [-0.1, -0.05) is 11.8 Å². The summed E-state index contributed by atoms with van der Waals surface area (Å²) in [7, 11) is 4.57. The molecule has 3 amide bonds. The predicted octanol–water partition coefficient (Wildman–Crippen LogP) is 1.63. The zero-order valence-electron chi connectivity index (χ0n) is 15.3. The number of benzene rings is 1. The molecule has 3 rings (SSSR count). The molecule has 0 saturated carbocycles. The summed E-state index contributed by atoms with van der Waals surface area (Å²) in [6, 6.07) is 3.25. The minimum absolute atomic E-state index is 0.185. The van der Waals surface area contributed by atoms with Crippen LogP contribution in [0.4, 0.5) is 4.79 Å². The highest BCUT2D eigenvalue weighted by atomic mass is 32.2. The average Bonchev–Trinajstić information content (AvgIpc) is 2.96. The molecular formula is C18H20N2O6S. The first-order valence-corrected chi connectivity index (χ1v) is 9.22. The first-order chi connectivity index (χ1) is 13.0. The molecule has 0 radical (unpaired) electrons. The fourth-order valence-electron chi connectivity index (χ4n) is 2.99. The van der Waals surface area contributed by atoms with Crippen LogP contribution < -0.4 is 14.2 Å². The first kappa shape index (κ1) is 19.1. The van der Waals surface area contributed by atoms with E-state index < -0.39 is 0 Å². The Morgan fingerprint density at radius 1 is 1.11 bits per heavy atom.